The highest BCUT2D eigenvalue weighted by atomic mass is 32.2. The van der Waals surface area contributed by atoms with Crippen molar-refractivity contribution < 1.29 is 14.3 Å². The molecule has 1 heterocycles. The van der Waals surface area contributed by atoms with Crippen molar-refractivity contribution in [1.29, 1.82) is 0 Å². The molecule has 1 aliphatic heterocycles. The zero-order valence-electron chi connectivity index (χ0n) is 14.9. The van der Waals surface area contributed by atoms with Gasteiger partial charge in [-0.05, 0) is 37.9 Å². The maximum absolute atomic E-state index is 12.1. The van der Waals surface area contributed by atoms with Crippen molar-refractivity contribution in [3.63, 3.8) is 0 Å². The zero-order chi connectivity index (χ0) is 18.2. The first-order chi connectivity index (χ1) is 12.0. The number of esters is 1. The van der Waals surface area contributed by atoms with E-state index in [9.17, 15) is 9.59 Å². The summed E-state index contributed by atoms with van der Waals surface area (Å²) < 4.78 is 4.93. The van der Waals surface area contributed by atoms with Gasteiger partial charge in [0.25, 0.3) is 0 Å². The summed E-state index contributed by atoms with van der Waals surface area (Å²) >= 11 is 3.12. The minimum Gasteiger partial charge on any atom is -0.463 e. The average Bonchev–Trinajstić information content (AvgIpc) is 2.93. The quantitative estimate of drug-likeness (QED) is 0.393. The highest BCUT2D eigenvalue weighted by Crippen LogP contribution is 2.28. The largest absolute Gasteiger partial charge is 0.463 e. The monoisotopic (exact) mass is 380 g/mol. The van der Waals surface area contributed by atoms with Crippen molar-refractivity contribution in [2.24, 2.45) is 0 Å². The molecule has 0 unspecified atom stereocenters. The second-order valence-electron chi connectivity index (χ2n) is 5.65. The lowest BCUT2D eigenvalue weighted by molar-refractivity contribution is -0.137. The van der Waals surface area contributed by atoms with E-state index < -0.39 is 5.97 Å². The molecule has 1 aromatic carbocycles. The van der Waals surface area contributed by atoms with Gasteiger partial charge in [0.15, 0.2) is 0 Å². The van der Waals surface area contributed by atoms with Crippen LogP contribution < -0.4 is 0 Å². The molecule has 1 aromatic rings. The SMILES string of the molecule is CCOC(=O)/C=C1/SCC(=O)N1CCN(C)Cc1ccc(SC)cc1. The number of rotatable bonds is 8. The van der Waals surface area contributed by atoms with Crippen LogP contribution in [0.2, 0.25) is 0 Å². The number of likely N-dealkylation sites (N-methyl/N-ethyl adjacent to an activating group) is 1. The molecule has 1 fully saturated rings. The van der Waals surface area contributed by atoms with Gasteiger partial charge in [-0.2, -0.15) is 0 Å². The standard InChI is InChI=1S/C18H24N2O3S2/c1-4-23-18(22)11-17-20(16(21)13-25-17)10-9-19(2)12-14-5-7-15(24-3)8-6-14/h5-8,11H,4,9-10,12-13H2,1-3H3/b17-11+. The van der Waals surface area contributed by atoms with Gasteiger partial charge < -0.3 is 14.5 Å². The Bertz CT molecular complexity index is 632. The van der Waals surface area contributed by atoms with Crippen LogP contribution >= 0.6 is 23.5 Å². The molecular formula is C18H24N2O3S2. The van der Waals surface area contributed by atoms with Crippen molar-refractivity contribution in [3.05, 3.63) is 40.9 Å². The van der Waals surface area contributed by atoms with Crippen LogP contribution in [0, 0.1) is 0 Å². The average molecular weight is 381 g/mol. The van der Waals surface area contributed by atoms with Gasteiger partial charge >= 0.3 is 5.97 Å². The van der Waals surface area contributed by atoms with E-state index in [1.54, 1.807) is 23.6 Å². The minimum absolute atomic E-state index is 0.0401. The highest BCUT2D eigenvalue weighted by Gasteiger charge is 2.27. The Kier molecular flexibility index (Phi) is 7.87. The van der Waals surface area contributed by atoms with E-state index in [1.165, 1.54) is 28.3 Å². The molecule has 2 rings (SSSR count). The molecule has 136 valence electrons. The van der Waals surface area contributed by atoms with Crippen LogP contribution in [0.1, 0.15) is 12.5 Å². The number of thioether (sulfide) groups is 2. The minimum atomic E-state index is -0.396. The third kappa shape index (κ3) is 6.09. The summed E-state index contributed by atoms with van der Waals surface area (Å²) in [6, 6.07) is 8.50. The molecule has 0 atom stereocenters. The first-order valence-corrected chi connectivity index (χ1v) is 10.4. The lowest BCUT2D eigenvalue weighted by Crippen LogP contribution is -2.33. The predicted octanol–water partition coefficient (Wildman–Crippen LogP) is 2.82. The van der Waals surface area contributed by atoms with Gasteiger partial charge in [-0.1, -0.05) is 23.9 Å². The summed E-state index contributed by atoms with van der Waals surface area (Å²) in [5.41, 5.74) is 1.24. The Balaban J connectivity index is 1.88. The summed E-state index contributed by atoms with van der Waals surface area (Å²) in [5, 5.41) is 0.682. The molecule has 0 aromatic heterocycles. The predicted molar refractivity (Wildman–Crippen MR) is 103 cm³/mol. The maximum atomic E-state index is 12.1. The summed E-state index contributed by atoms with van der Waals surface area (Å²) in [7, 11) is 2.03. The van der Waals surface area contributed by atoms with E-state index in [1.807, 2.05) is 7.05 Å². The normalized spacial score (nSPS) is 16.1. The Morgan fingerprint density at radius 3 is 2.76 bits per heavy atom. The molecule has 0 radical (unpaired) electrons. The smallest absolute Gasteiger partial charge is 0.333 e. The Hall–Kier alpha value is -1.44. The number of amides is 1. The summed E-state index contributed by atoms with van der Waals surface area (Å²) in [5.74, 6) is 0.0238. The lowest BCUT2D eigenvalue weighted by atomic mass is 10.2. The van der Waals surface area contributed by atoms with E-state index in [0.29, 0.717) is 23.9 Å². The molecular weight excluding hydrogens is 356 g/mol. The van der Waals surface area contributed by atoms with Crippen LogP contribution in [-0.4, -0.2) is 60.4 Å². The van der Waals surface area contributed by atoms with Crippen molar-refractivity contribution in [3.8, 4) is 0 Å². The lowest BCUT2D eigenvalue weighted by Gasteiger charge is -2.22. The van der Waals surface area contributed by atoms with E-state index in [2.05, 4.69) is 35.4 Å². The number of hydrogen-bond donors (Lipinski definition) is 0. The maximum Gasteiger partial charge on any atom is 0.333 e. The third-order valence-electron chi connectivity index (χ3n) is 3.76. The van der Waals surface area contributed by atoms with Gasteiger partial charge in [-0.15, -0.1) is 11.8 Å². The van der Waals surface area contributed by atoms with Crippen LogP contribution in [0.5, 0.6) is 0 Å². The molecule has 1 saturated heterocycles. The van der Waals surface area contributed by atoms with Crippen molar-refractivity contribution in [2.45, 2.75) is 18.4 Å². The fourth-order valence-electron chi connectivity index (χ4n) is 2.45. The number of benzene rings is 1. The van der Waals surface area contributed by atoms with Gasteiger partial charge in [-0.3, -0.25) is 4.79 Å². The summed E-state index contributed by atoms with van der Waals surface area (Å²) in [6.45, 7) is 4.22. The Labute approximate surface area is 157 Å². The van der Waals surface area contributed by atoms with Crippen molar-refractivity contribution in [2.75, 3.05) is 38.8 Å². The van der Waals surface area contributed by atoms with Crippen LogP contribution in [0.15, 0.2) is 40.3 Å². The summed E-state index contributed by atoms with van der Waals surface area (Å²) in [6.07, 6.45) is 3.48. The van der Waals surface area contributed by atoms with Gasteiger partial charge in [0.05, 0.1) is 23.5 Å². The molecule has 0 aliphatic carbocycles. The number of hydrogen-bond acceptors (Lipinski definition) is 6. The molecule has 0 bridgehead atoms. The van der Waals surface area contributed by atoms with Gasteiger partial charge in [-0.25, -0.2) is 4.79 Å². The molecule has 0 N–H and O–H groups in total. The first-order valence-electron chi connectivity index (χ1n) is 8.16. The molecule has 1 aliphatic rings. The summed E-state index contributed by atoms with van der Waals surface area (Å²) in [4.78, 5) is 28.8. The number of nitrogens with zero attached hydrogens (tertiary/aromatic N) is 2. The van der Waals surface area contributed by atoms with Gasteiger partial charge in [0.2, 0.25) is 5.91 Å². The van der Waals surface area contributed by atoms with Crippen LogP contribution in [0.25, 0.3) is 0 Å². The van der Waals surface area contributed by atoms with Crippen molar-refractivity contribution >= 4 is 35.4 Å². The number of ether oxygens (including phenoxy) is 1. The zero-order valence-corrected chi connectivity index (χ0v) is 16.5. The molecule has 0 saturated carbocycles. The first kappa shape index (κ1) is 19.9. The molecule has 25 heavy (non-hydrogen) atoms. The van der Waals surface area contributed by atoms with Crippen molar-refractivity contribution in [1.82, 2.24) is 9.80 Å². The van der Waals surface area contributed by atoms with Gasteiger partial charge in [0.1, 0.15) is 0 Å². The van der Waals surface area contributed by atoms with Crippen LogP contribution in [0.3, 0.4) is 0 Å². The molecule has 0 spiro atoms. The molecule has 1 amide bonds. The third-order valence-corrected chi connectivity index (χ3v) is 5.52. The Morgan fingerprint density at radius 2 is 2.12 bits per heavy atom. The van der Waals surface area contributed by atoms with Gasteiger partial charge in [0, 0.05) is 24.5 Å². The van der Waals surface area contributed by atoms with Crippen LogP contribution in [0.4, 0.5) is 0 Å². The number of carbonyl (C=O) groups is 2. The topological polar surface area (TPSA) is 49.9 Å². The van der Waals surface area contributed by atoms with E-state index in [0.717, 1.165) is 13.1 Å². The van der Waals surface area contributed by atoms with E-state index in [4.69, 9.17) is 4.74 Å². The van der Waals surface area contributed by atoms with E-state index >= 15 is 0 Å². The second kappa shape index (κ2) is 9.89. The van der Waals surface area contributed by atoms with Crippen LogP contribution in [-0.2, 0) is 20.9 Å². The molecule has 5 nitrogen and oxygen atoms in total. The fraction of sp³-hybridized carbons (Fsp3) is 0.444. The second-order valence-corrected chi connectivity index (χ2v) is 7.53. The fourth-order valence-corrected chi connectivity index (χ4v) is 3.81. The number of carbonyl (C=O) groups excluding carboxylic acids is 2. The van der Waals surface area contributed by atoms with E-state index in [-0.39, 0.29) is 5.91 Å². The Morgan fingerprint density at radius 1 is 1.40 bits per heavy atom. The molecule has 7 heteroatoms. The highest BCUT2D eigenvalue weighted by molar-refractivity contribution is 8.04.